The van der Waals surface area contributed by atoms with Crippen molar-refractivity contribution in [3.63, 3.8) is 0 Å². The van der Waals surface area contributed by atoms with Crippen LogP contribution in [-0.2, 0) is 0 Å². The molecule has 0 unspecified atom stereocenters. The van der Waals surface area contributed by atoms with Crippen LogP contribution in [0.15, 0.2) is 24.3 Å². The maximum Gasteiger partial charge on any atom is 0.252 e. The van der Waals surface area contributed by atoms with E-state index in [1.165, 1.54) is 0 Å². The first-order chi connectivity index (χ1) is 7.61. The van der Waals surface area contributed by atoms with E-state index >= 15 is 0 Å². The molecule has 1 aromatic rings. The highest BCUT2D eigenvalue weighted by Crippen LogP contribution is 2.28. The third-order valence-corrected chi connectivity index (χ3v) is 3.40. The Morgan fingerprint density at radius 2 is 2.06 bits per heavy atom. The lowest BCUT2D eigenvalue weighted by Gasteiger charge is -2.38. The zero-order valence-electron chi connectivity index (χ0n) is 9.41. The van der Waals surface area contributed by atoms with Crippen LogP contribution >= 0.6 is 24.0 Å². The Hall–Kier alpha value is -0.770. The second-order valence-corrected chi connectivity index (χ2v) is 4.79. The molecular formula is C12H16Cl2N2O. The molecule has 1 fully saturated rings. The summed E-state index contributed by atoms with van der Waals surface area (Å²) in [6, 6.07) is 7.01. The van der Waals surface area contributed by atoms with Crippen LogP contribution in [0.5, 0.6) is 0 Å². The molecule has 0 bridgehead atoms. The molecule has 17 heavy (non-hydrogen) atoms. The molecule has 94 valence electrons. The lowest BCUT2D eigenvalue weighted by atomic mass is 9.78. The van der Waals surface area contributed by atoms with E-state index in [0.29, 0.717) is 17.1 Å². The van der Waals surface area contributed by atoms with Gasteiger partial charge in [-0.25, -0.2) is 0 Å². The largest absolute Gasteiger partial charge is 0.350 e. The van der Waals surface area contributed by atoms with Gasteiger partial charge in [0.15, 0.2) is 0 Å². The Kier molecular flexibility index (Phi) is 4.80. The van der Waals surface area contributed by atoms with Gasteiger partial charge in [0.1, 0.15) is 0 Å². The summed E-state index contributed by atoms with van der Waals surface area (Å²) in [5.41, 5.74) is 6.33. The van der Waals surface area contributed by atoms with Gasteiger partial charge >= 0.3 is 0 Å². The first kappa shape index (κ1) is 14.3. The van der Waals surface area contributed by atoms with E-state index in [1.807, 2.05) is 0 Å². The maximum atomic E-state index is 11.8. The molecule has 2 rings (SSSR count). The number of hydrogen-bond donors (Lipinski definition) is 2. The highest BCUT2D eigenvalue weighted by atomic mass is 35.5. The van der Waals surface area contributed by atoms with E-state index < -0.39 is 0 Å². The highest BCUT2D eigenvalue weighted by molar-refractivity contribution is 6.33. The van der Waals surface area contributed by atoms with Crippen LogP contribution in [0.4, 0.5) is 0 Å². The number of carbonyl (C=O) groups excluding carboxylic acids is 1. The molecule has 0 heterocycles. The van der Waals surface area contributed by atoms with Crippen LogP contribution in [0, 0.1) is 0 Å². The van der Waals surface area contributed by atoms with Gasteiger partial charge in [0.25, 0.3) is 5.91 Å². The minimum Gasteiger partial charge on any atom is -0.350 e. The van der Waals surface area contributed by atoms with Crippen LogP contribution < -0.4 is 11.1 Å². The molecule has 0 aliphatic heterocycles. The molecule has 1 aromatic carbocycles. The monoisotopic (exact) mass is 274 g/mol. The smallest absolute Gasteiger partial charge is 0.252 e. The summed E-state index contributed by atoms with van der Waals surface area (Å²) in [5.74, 6) is -0.151. The summed E-state index contributed by atoms with van der Waals surface area (Å²) in [5, 5.41) is 3.31. The molecule has 1 aliphatic carbocycles. The molecular weight excluding hydrogens is 259 g/mol. The third-order valence-electron chi connectivity index (χ3n) is 3.07. The van der Waals surface area contributed by atoms with Gasteiger partial charge in [-0.1, -0.05) is 23.7 Å². The minimum atomic E-state index is -0.198. The summed E-state index contributed by atoms with van der Waals surface area (Å²) in [6.07, 6.45) is 3.12. The number of hydrogen-bond acceptors (Lipinski definition) is 2. The van der Waals surface area contributed by atoms with Gasteiger partial charge in [-0.3, -0.25) is 4.79 Å². The van der Waals surface area contributed by atoms with Crippen molar-refractivity contribution in [1.29, 1.82) is 0 Å². The topological polar surface area (TPSA) is 55.1 Å². The van der Waals surface area contributed by atoms with Crippen LogP contribution in [0.2, 0.25) is 5.02 Å². The van der Waals surface area contributed by atoms with Gasteiger partial charge in [-0.15, -0.1) is 12.4 Å². The average Bonchev–Trinajstić information content (AvgIpc) is 2.24. The van der Waals surface area contributed by atoms with E-state index in [2.05, 4.69) is 5.32 Å². The van der Waals surface area contributed by atoms with Crippen molar-refractivity contribution < 1.29 is 4.79 Å². The van der Waals surface area contributed by atoms with Gasteiger partial charge in [0.05, 0.1) is 10.6 Å². The molecule has 3 nitrogen and oxygen atoms in total. The molecule has 0 atom stereocenters. The number of nitrogens with two attached hydrogens (primary N) is 1. The van der Waals surface area contributed by atoms with Gasteiger partial charge < -0.3 is 11.1 Å². The predicted octanol–water partition coefficient (Wildman–Crippen LogP) is 2.37. The van der Waals surface area contributed by atoms with E-state index in [4.69, 9.17) is 17.3 Å². The molecule has 0 radical (unpaired) electrons. The summed E-state index contributed by atoms with van der Waals surface area (Å²) in [7, 11) is 0. The quantitative estimate of drug-likeness (QED) is 0.889. The molecule has 1 saturated carbocycles. The number of rotatable bonds is 3. The summed E-state index contributed by atoms with van der Waals surface area (Å²) < 4.78 is 0. The van der Waals surface area contributed by atoms with Crippen molar-refractivity contribution in [2.45, 2.75) is 24.8 Å². The fourth-order valence-electron chi connectivity index (χ4n) is 1.80. The van der Waals surface area contributed by atoms with Gasteiger partial charge in [-0.05, 0) is 31.4 Å². The molecule has 5 heteroatoms. The third kappa shape index (κ3) is 3.35. The van der Waals surface area contributed by atoms with Crippen molar-refractivity contribution >= 4 is 29.9 Å². The van der Waals surface area contributed by atoms with Gasteiger partial charge in [-0.2, -0.15) is 0 Å². The second kappa shape index (κ2) is 5.71. The number of amides is 1. The Labute approximate surface area is 112 Å². The fraction of sp³-hybridized carbons (Fsp3) is 0.417. The number of halogens is 2. The first-order valence-corrected chi connectivity index (χ1v) is 5.80. The Morgan fingerprint density at radius 1 is 1.41 bits per heavy atom. The van der Waals surface area contributed by atoms with Crippen molar-refractivity contribution in [3.8, 4) is 0 Å². The van der Waals surface area contributed by atoms with Gasteiger partial charge in [0, 0.05) is 12.1 Å². The Morgan fingerprint density at radius 3 is 2.59 bits per heavy atom. The molecule has 1 amide bonds. The lowest BCUT2D eigenvalue weighted by molar-refractivity contribution is 0.0930. The second-order valence-electron chi connectivity index (χ2n) is 4.38. The average molecular weight is 275 g/mol. The van der Waals surface area contributed by atoms with Gasteiger partial charge in [0.2, 0.25) is 0 Å². The summed E-state index contributed by atoms with van der Waals surface area (Å²) in [4.78, 5) is 11.8. The van der Waals surface area contributed by atoms with Crippen molar-refractivity contribution in [2.24, 2.45) is 5.73 Å². The van der Waals surface area contributed by atoms with E-state index in [-0.39, 0.29) is 23.9 Å². The highest BCUT2D eigenvalue weighted by Gasteiger charge is 2.32. The van der Waals surface area contributed by atoms with Crippen molar-refractivity contribution in [1.82, 2.24) is 5.32 Å². The number of nitrogens with one attached hydrogen (secondary N) is 1. The normalized spacial score (nSPS) is 16.6. The fourth-order valence-corrected chi connectivity index (χ4v) is 2.03. The first-order valence-electron chi connectivity index (χ1n) is 5.42. The maximum absolute atomic E-state index is 11.8. The SMILES string of the molecule is Cl.NC1(CNC(=O)c2ccccc2Cl)CCC1. The van der Waals surface area contributed by atoms with Crippen LogP contribution in [0.3, 0.4) is 0 Å². The number of carbonyl (C=O) groups is 1. The summed E-state index contributed by atoms with van der Waals surface area (Å²) >= 11 is 5.92. The molecule has 1 aliphatic rings. The Balaban J connectivity index is 0.00000144. The van der Waals surface area contributed by atoms with E-state index in [0.717, 1.165) is 19.3 Å². The van der Waals surface area contributed by atoms with E-state index in [1.54, 1.807) is 24.3 Å². The molecule has 0 saturated heterocycles. The van der Waals surface area contributed by atoms with Crippen LogP contribution in [0.25, 0.3) is 0 Å². The standard InChI is InChI=1S/C12H15ClN2O.ClH/c13-10-5-2-1-4-9(10)11(16)15-8-12(14)6-3-7-12;/h1-2,4-5H,3,6-8,14H2,(H,15,16);1H. The number of benzene rings is 1. The van der Waals surface area contributed by atoms with Crippen LogP contribution in [0.1, 0.15) is 29.6 Å². The molecule has 3 N–H and O–H groups in total. The zero-order valence-corrected chi connectivity index (χ0v) is 11.0. The van der Waals surface area contributed by atoms with E-state index in [9.17, 15) is 4.79 Å². The molecule has 0 aromatic heterocycles. The Bertz CT molecular complexity index is 405. The van der Waals surface area contributed by atoms with Crippen LogP contribution in [-0.4, -0.2) is 18.0 Å². The minimum absolute atomic E-state index is 0. The predicted molar refractivity (Wildman–Crippen MR) is 71.8 cm³/mol. The van der Waals surface area contributed by atoms with Crippen molar-refractivity contribution in [2.75, 3.05) is 6.54 Å². The lowest BCUT2D eigenvalue weighted by Crippen LogP contribution is -2.54. The molecule has 0 spiro atoms. The van der Waals surface area contributed by atoms with Crippen molar-refractivity contribution in [3.05, 3.63) is 34.9 Å². The zero-order chi connectivity index (χ0) is 11.6. The summed E-state index contributed by atoms with van der Waals surface area (Å²) in [6.45, 7) is 0.525.